The molecule has 0 radical (unpaired) electrons. The Balaban J connectivity index is 2.35. The molecule has 2 aromatic carbocycles. The van der Waals surface area contributed by atoms with Gasteiger partial charge in [-0.1, -0.05) is 30.3 Å². The summed E-state index contributed by atoms with van der Waals surface area (Å²) in [4.78, 5) is 14.2. The second-order valence-electron chi connectivity index (χ2n) is 5.17. The van der Waals surface area contributed by atoms with E-state index in [0.717, 1.165) is 5.56 Å². The average molecular weight is 330 g/mol. The first-order valence-corrected chi connectivity index (χ1v) is 7.41. The van der Waals surface area contributed by atoms with Crippen molar-refractivity contribution in [3.05, 3.63) is 48.0 Å². The molecule has 0 heterocycles. The molecule has 0 aliphatic rings. The van der Waals surface area contributed by atoms with E-state index in [4.69, 9.17) is 19.9 Å². The Bertz CT molecular complexity index is 678. The van der Waals surface area contributed by atoms with Crippen molar-refractivity contribution >= 4 is 11.6 Å². The summed E-state index contributed by atoms with van der Waals surface area (Å²) in [6.45, 7) is 0. The molecule has 0 spiro atoms. The van der Waals surface area contributed by atoms with Crippen molar-refractivity contribution in [2.24, 2.45) is 5.73 Å². The molecule has 0 aliphatic carbocycles. The van der Waals surface area contributed by atoms with Gasteiger partial charge in [-0.05, 0) is 5.56 Å². The summed E-state index contributed by atoms with van der Waals surface area (Å²) in [7, 11) is 6.24. The van der Waals surface area contributed by atoms with Gasteiger partial charge in [0.1, 0.15) is 6.04 Å². The molecular formula is C18H22N2O4. The van der Waals surface area contributed by atoms with E-state index in [0.29, 0.717) is 22.9 Å². The number of rotatable bonds is 6. The van der Waals surface area contributed by atoms with E-state index in [9.17, 15) is 4.79 Å². The minimum Gasteiger partial charge on any atom is -0.493 e. The van der Waals surface area contributed by atoms with Crippen LogP contribution in [0.1, 0.15) is 11.6 Å². The summed E-state index contributed by atoms with van der Waals surface area (Å²) in [5, 5.41) is 0. The van der Waals surface area contributed by atoms with Gasteiger partial charge in [0.15, 0.2) is 11.5 Å². The number of hydrogen-bond acceptors (Lipinski definition) is 5. The lowest BCUT2D eigenvalue weighted by Crippen LogP contribution is -2.35. The smallest absolute Gasteiger partial charge is 0.248 e. The van der Waals surface area contributed by atoms with Gasteiger partial charge in [-0.15, -0.1) is 0 Å². The molecule has 24 heavy (non-hydrogen) atoms. The van der Waals surface area contributed by atoms with E-state index in [1.54, 1.807) is 19.2 Å². The van der Waals surface area contributed by atoms with Gasteiger partial charge in [0.25, 0.3) is 0 Å². The van der Waals surface area contributed by atoms with E-state index >= 15 is 0 Å². The fourth-order valence-electron chi connectivity index (χ4n) is 2.40. The van der Waals surface area contributed by atoms with Crippen LogP contribution in [0.2, 0.25) is 0 Å². The number of methoxy groups -OCH3 is 3. The van der Waals surface area contributed by atoms with Crippen molar-refractivity contribution in [3.63, 3.8) is 0 Å². The number of likely N-dealkylation sites (N-methyl/N-ethyl adjacent to an activating group) is 1. The molecule has 2 N–H and O–H groups in total. The zero-order valence-corrected chi connectivity index (χ0v) is 14.3. The largest absolute Gasteiger partial charge is 0.493 e. The standard InChI is InChI=1S/C18H22N2O4/c1-20(18(21)16(19)12-8-6-5-7-9-12)13-10-14(22-2)17(24-4)15(11-13)23-3/h5-11,16H,19H2,1-4H3/t16-/m1/s1. The highest BCUT2D eigenvalue weighted by Gasteiger charge is 2.23. The van der Waals surface area contributed by atoms with Gasteiger partial charge in [-0.2, -0.15) is 0 Å². The van der Waals surface area contributed by atoms with E-state index in [-0.39, 0.29) is 5.91 Å². The Morgan fingerprint density at radius 2 is 1.54 bits per heavy atom. The third-order valence-electron chi connectivity index (χ3n) is 3.79. The Morgan fingerprint density at radius 1 is 1.00 bits per heavy atom. The van der Waals surface area contributed by atoms with Gasteiger partial charge in [0.05, 0.1) is 27.0 Å². The number of amides is 1. The minimum absolute atomic E-state index is 0.240. The molecule has 6 heteroatoms. The fourth-order valence-corrected chi connectivity index (χ4v) is 2.40. The normalized spacial score (nSPS) is 11.5. The molecule has 6 nitrogen and oxygen atoms in total. The third-order valence-corrected chi connectivity index (χ3v) is 3.79. The highest BCUT2D eigenvalue weighted by Crippen LogP contribution is 2.41. The summed E-state index contributed by atoms with van der Waals surface area (Å²) >= 11 is 0. The molecular weight excluding hydrogens is 308 g/mol. The average Bonchev–Trinajstić information content (AvgIpc) is 2.65. The molecule has 2 aromatic rings. The molecule has 1 amide bonds. The number of carbonyl (C=O) groups is 1. The molecule has 0 aliphatic heterocycles. The van der Waals surface area contributed by atoms with Gasteiger partial charge in [0, 0.05) is 19.2 Å². The van der Waals surface area contributed by atoms with Crippen LogP contribution in [0.5, 0.6) is 17.2 Å². The topological polar surface area (TPSA) is 74.0 Å². The summed E-state index contributed by atoms with van der Waals surface area (Å²) in [6, 6.07) is 11.9. The van der Waals surface area contributed by atoms with Crippen molar-refractivity contribution in [1.29, 1.82) is 0 Å². The first-order chi connectivity index (χ1) is 11.5. The number of anilines is 1. The molecule has 0 unspecified atom stereocenters. The summed E-state index contributed by atoms with van der Waals surface area (Å²) in [5.41, 5.74) is 7.45. The van der Waals surface area contributed by atoms with Crippen molar-refractivity contribution in [3.8, 4) is 17.2 Å². The predicted molar refractivity (Wildman–Crippen MR) is 92.9 cm³/mol. The third kappa shape index (κ3) is 3.44. The van der Waals surface area contributed by atoms with Crippen LogP contribution in [-0.2, 0) is 4.79 Å². The maximum Gasteiger partial charge on any atom is 0.248 e. The predicted octanol–water partition coefficient (Wildman–Crippen LogP) is 2.38. The Hall–Kier alpha value is -2.73. The Labute approximate surface area is 141 Å². The van der Waals surface area contributed by atoms with Gasteiger partial charge in [-0.25, -0.2) is 0 Å². The van der Waals surface area contributed by atoms with Crippen molar-refractivity contribution < 1.29 is 19.0 Å². The number of nitrogens with zero attached hydrogens (tertiary/aromatic N) is 1. The van der Waals surface area contributed by atoms with E-state index in [2.05, 4.69) is 0 Å². The fraction of sp³-hybridized carbons (Fsp3) is 0.278. The Morgan fingerprint density at radius 3 is 2.00 bits per heavy atom. The van der Waals surface area contributed by atoms with Gasteiger partial charge >= 0.3 is 0 Å². The lowest BCUT2D eigenvalue weighted by Gasteiger charge is -2.23. The quantitative estimate of drug-likeness (QED) is 0.880. The minimum atomic E-state index is -0.754. The summed E-state index contributed by atoms with van der Waals surface area (Å²) < 4.78 is 15.9. The van der Waals surface area contributed by atoms with Gasteiger partial charge in [-0.3, -0.25) is 4.79 Å². The van der Waals surface area contributed by atoms with Crippen molar-refractivity contribution in [1.82, 2.24) is 0 Å². The van der Waals surface area contributed by atoms with Crippen molar-refractivity contribution in [2.75, 3.05) is 33.3 Å². The summed E-state index contributed by atoms with van der Waals surface area (Å²) in [6.07, 6.45) is 0. The Kier molecular flexibility index (Phi) is 5.65. The highest BCUT2D eigenvalue weighted by atomic mass is 16.5. The number of nitrogens with two attached hydrogens (primary N) is 1. The number of hydrogen-bond donors (Lipinski definition) is 1. The van der Waals surface area contributed by atoms with E-state index in [1.807, 2.05) is 30.3 Å². The lowest BCUT2D eigenvalue weighted by molar-refractivity contribution is -0.119. The second kappa shape index (κ2) is 7.70. The first kappa shape index (κ1) is 17.6. The first-order valence-electron chi connectivity index (χ1n) is 7.41. The van der Waals surface area contributed by atoms with Crippen LogP contribution in [0.4, 0.5) is 5.69 Å². The summed E-state index contributed by atoms with van der Waals surface area (Å²) in [5.74, 6) is 1.17. The van der Waals surface area contributed by atoms with Crippen LogP contribution in [0.15, 0.2) is 42.5 Å². The zero-order chi connectivity index (χ0) is 17.7. The SMILES string of the molecule is COc1cc(N(C)C(=O)[C@H](N)c2ccccc2)cc(OC)c1OC. The number of carbonyl (C=O) groups excluding carboxylic acids is 1. The molecule has 0 saturated carbocycles. The molecule has 0 aromatic heterocycles. The van der Waals surface area contributed by atoms with Gasteiger partial charge in [0.2, 0.25) is 11.7 Å². The van der Waals surface area contributed by atoms with Crippen molar-refractivity contribution in [2.45, 2.75) is 6.04 Å². The van der Waals surface area contributed by atoms with E-state index < -0.39 is 6.04 Å². The molecule has 1 atom stereocenters. The van der Waals surface area contributed by atoms with Crippen LogP contribution in [0.3, 0.4) is 0 Å². The van der Waals surface area contributed by atoms with Crippen LogP contribution < -0.4 is 24.8 Å². The highest BCUT2D eigenvalue weighted by molar-refractivity contribution is 5.97. The van der Waals surface area contributed by atoms with Gasteiger partial charge < -0.3 is 24.8 Å². The number of benzene rings is 2. The molecule has 2 rings (SSSR count). The van der Waals surface area contributed by atoms with E-state index in [1.165, 1.54) is 26.2 Å². The second-order valence-corrected chi connectivity index (χ2v) is 5.17. The van der Waals surface area contributed by atoms with Crippen LogP contribution in [0, 0.1) is 0 Å². The monoisotopic (exact) mass is 330 g/mol. The maximum atomic E-state index is 12.7. The van der Waals surface area contributed by atoms with Crippen LogP contribution in [0.25, 0.3) is 0 Å². The molecule has 0 bridgehead atoms. The molecule has 0 fully saturated rings. The lowest BCUT2D eigenvalue weighted by atomic mass is 10.1. The maximum absolute atomic E-state index is 12.7. The number of ether oxygens (including phenoxy) is 3. The molecule has 0 saturated heterocycles. The van der Waals surface area contributed by atoms with Crippen LogP contribution >= 0.6 is 0 Å². The van der Waals surface area contributed by atoms with Crippen LogP contribution in [-0.4, -0.2) is 34.3 Å². The molecule has 128 valence electrons. The zero-order valence-electron chi connectivity index (χ0n) is 14.3.